The average molecular weight is 257 g/mol. The first-order valence-electron chi connectivity index (χ1n) is 5.42. The fourth-order valence-electron chi connectivity index (χ4n) is 1.53. The lowest BCUT2D eigenvalue weighted by Gasteiger charge is -2.07. The Kier molecular flexibility index (Phi) is 3.42. The zero-order chi connectivity index (χ0) is 13.8. The first kappa shape index (κ1) is 12.6. The molecule has 2 aromatic rings. The van der Waals surface area contributed by atoms with Crippen molar-refractivity contribution in [1.82, 2.24) is 4.98 Å². The van der Waals surface area contributed by atoms with Gasteiger partial charge in [-0.25, -0.2) is 4.79 Å². The molecule has 0 aliphatic rings. The molecule has 19 heavy (non-hydrogen) atoms. The lowest BCUT2D eigenvalue weighted by molar-refractivity contribution is 0.0696. The van der Waals surface area contributed by atoms with Gasteiger partial charge in [0.2, 0.25) is 0 Å². The molecule has 0 atom stereocenters. The quantitative estimate of drug-likeness (QED) is 0.724. The number of anilines is 2. The molecule has 0 fully saturated rings. The summed E-state index contributed by atoms with van der Waals surface area (Å²) in [6.45, 7) is 0. The minimum absolute atomic E-state index is 0.00108. The summed E-state index contributed by atoms with van der Waals surface area (Å²) in [5.41, 5.74) is 6.65. The van der Waals surface area contributed by atoms with Gasteiger partial charge in [0.25, 0.3) is 5.91 Å². The van der Waals surface area contributed by atoms with Crippen LogP contribution in [0, 0.1) is 0 Å². The topological polar surface area (TPSA) is 105 Å². The number of hydrogen-bond donors (Lipinski definition) is 3. The molecule has 0 spiro atoms. The van der Waals surface area contributed by atoms with Crippen molar-refractivity contribution in [3.63, 3.8) is 0 Å². The molecule has 96 valence electrons. The minimum Gasteiger partial charge on any atom is -0.478 e. The van der Waals surface area contributed by atoms with Crippen LogP contribution in [0.3, 0.4) is 0 Å². The van der Waals surface area contributed by atoms with Crippen molar-refractivity contribution in [2.24, 2.45) is 0 Å². The number of pyridine rings is 1. The molecule has 2 rings (SSSR count). The van der Waals surface area contributed by atoms with Crippen LogP contribution < -0.4 is 11.1 Å². The molecule has 0 bridgehead atoms. The van der Waals surface area contributed by atoms with Gasteiger partial charge in [0, 0.05) is 11.9 Å². The smallest absolute Gasteiger partial charge is 0.337 e. The third-order valence-electron chi connectivity index (χ3n) is 2.45. The standard InChI is InChI=1S/C13H11N3O3/c14-11-4-2-1-3-10(11)12(17)16-9-5-8(13(18)19)6-15-7-9/h1-7H,14H2,(H,16,17)(H,18,19). The van der Waals surface area contributed by atoms with E-state index < -0.39 is 11.9 Å². The number of aromatic carboxylic acids is 1. The number of aromatic nitrogens is 1. The number of carbonyl (C=O) groups is 2. The predicted molar refractivity (Wildman–Crippen MR) is 70.0 cm³/mol. The molecule has 0 saturated carbocycles. The third-order valence-corrected chi connectivity index (χ3v) is 2.45. The highest BCUT2D eigenvalue weighted by molar-refractivity contribution is 6.07. The van der Waals surface area contributed by atoms with E-state index >= 15 is 0 Å². The number of carboxylic acid groups (broad SMARTS) is 1. The van der Waals surface area contributed by atoms with Crippen LogP contribution in [0.1, 0.15) is 20.7 Å². The highest BCUT2D eigenvalue weighted by Crippen LogP contribution is 2.14. The molecule has 0 saturated heterocycles. The number of nitrogens with one attached hydrogen (secondary N) is 1. The lowest BCUT2D eigenvalue weighted by Crippen LogP contribution is -2.14. The Morgan fingerprint density at radius 3 is 2.63 bits per heavy atom. The molecule has 6 heteroatoms. The summed E-state index contributed by atoms with van der Waals surface area (Å²) >= 11 is 0. The third kappa shape index (κ3) is 2.86. The van der Waals surface area contributed by atoms with Crippen LogP contribution in [0.5, 0.6) is 0 Å². The van der Waals surface area contributed by atoms with Crippen LogP contribution in [0.4, 0.5) is 11.4 Å². The van der Waals surface area contributed by atoms with E-state index in [9.17, 15) is 9.59 Å². The van der Waals surface area contributed by atoms with Crippen LogP contribution in [-0.2, 0) is 0 Å². The van der Waals surface area contributed by atoms with E-state index in [1.165, 1.54) is 18.5 Å². The number of para-hydroxylation sites is 1. The maximum Gasteiger partial charge on any atom is 0.337 e. The number of benzene rings is 1. The Balaban J connectivity index is 2.22. The number of carbonyl (C=O) groups excluding carboxylic acids is 1. The second-order valence-electron chi connectivity index (χ2n) is 3.81. The van der Waals surface area contributed by atoms with Gasteiger partial charge in [-0.2, -0.15) is 0 Å². The normalized spacial score (nSPS) is 9.89. The van der Waals surface area contributed by atoms with Gasteiger partial charge in [0.15, 0.2) is 0 Å². The number of hydrogen-bond acceptors (Lipinski definition) is 4. The van der Waals surface area contributed by atoms with E-state index in [0.717, 1.165) is 0 Å². The highest BCUT2D eigenvalue weighted by atomic mass is 16.4. The van der Waals surface area contributed by atoms with Crippen molar-refractivity contribution in [3.05, 3.63) is 53.9 Å². The first-order valence-corrected chi connectivity index (χ1v) is 5.42. The van der Waals surface area contributed by atoms with Crippen molar-refractivity contribution in [1.29, 1.82) is 0 Å². The van der Waals surface area contributed by atoms with Crippen molar-refractivity contribution in [2.45, 2.75) is 0 Å². The Labute approximate surface area is 108 Å². The largest absolute Gasteiger partial charge is 0.478 e. The molecule has 6 nitrogen and oxygen atoms in total. The van der Waals surface area contributed by atoms with Gasteiger partial charge in [-0.15, -0.1) is 0 Å². The predicted octanol–water partition coefficient (Wildman–Crippen LogP) is 1.61. The molecular formula is C13H11N3O3. The molecular weight excluding hydrogens is 246 g/mol. The summed E-state index contributed by atoms with van der Waals surface area (Å²) in [6, 6.07) is 7.93. The number of nitrogens with zero attached hydrogens (tertiary/aromatic N) is 1. The van der Waals surface area contributed by atoms with Crippen LogP contribution in [0.2, 0.25) is 0 Å². The SMILES string of the molecule is Nc1ccccc1C(=O)Nc1cncc(C(=O)O)c1. The van der Waals surface area contributed by atoms with E-state index in [0.29, 0.717) is 16.9 Å². The van der Waals surface area contributed by atoms with Crippen LogP contribution in [0.25, 0.3) is 0 Å². The summed E-state index contributed by atoms with van der Waals surface area (Å²) in [6.07, 6.45) is 2.57. The van der Waals surface area contributed by atoms with E-state index in [2.05, 4.69) is 10.3 Å². The van der Waals surface area contributed by atoms with E-state index in [1.807, 2.05) is 0 Å². The second-order valence-corrected chi connectivity index (χ2v) is 3.81. The summed E-state index contributed by atoms with van der Waals surface area (Å²) < 4.78 is 0. The van der Waals surface area contributed by atoms with Gasteiger partial charge in [0.1, 0.15) is 0 Å². The highest BCUT2D eigenvalue weighted by Gasteiger charge is 2.10. The number of nitrogen functional groups attached to an aromatic ring is 1. The molecule has 1 aromatic heterocycles. The fraction of sp³-hybridized carbons (Fsp3) is 0. The summed E-state index contributed by atoms with van der Waals surface area (Å²) in [5.74, 6) is -1.52. The maximum atomic E-state index is 11.9. The van der Waals surface area contributed by atoms with Crippen molar-refractivity contribution in [2.75, 3.05) is 11.1 Å². The van der Waals surface area contributed by atoms with Gasteiger partial charge >= 0.3 is 5.97 Å². The summed E-state index contributed by atoms with van der Waals surface area (Å²) in [5, 5.41) is 11.4. The molecule has 1 aromatic carbocycles. The zero-order valence-electron chi connectivity index (χ0n) is 9.83. The Hall–Kier alpha value is -2.89. The van der Waals surface area contributed by atoms with Crippen LogP contribution in [0.15, 0.2) is 42.7 Å². The number of carboxylic acids is 1. The van der Waals surface area contributed by atoms with Crippen LogP contribution >= 0.6 is 0 Å². The zero-order valence-corrected chi connectivity index (χ0v) is 9.83. The van der Waals surface area contributed by atoms with Crippen molar-refractivity contribution in [3.8, 4) is 0 Å². The molecule has 0 radical (unpaired) electrons. The van der Waals surface area contributed by atoms with Gasteiger partial charge < -0.3 is 16.2 Å². The molecule has 1 amide bonds. The van der Waals surface area contributed by atoms with Crippen molar-refractivity contribution < 1.29 is 14.7 Å². The maximum absolute atomic E-state index is 11.9. The van der Waals surface area contributed by atoms with Gasteiger partial charge in [-0.3, -0.25) is 9.78 Å². The summed E-state index contributed by atoms with van der Waals surface area (Å²) in [4.78, 5) is 26.5. The molecule has 0 unspecified atom stereocenters. The first-order chi connectivity index (χ1) is 9.08. The van der Waals surface area contributed by atoms with Gasteiger partial charge in [-0.1, -0.05) is 12.1 Å². The molecule has 0 aliphatic heterocycles. The number of amides is 1. The number of rotatable bonds is 3. The lowest BCUT2D eigenvalue weighted by atomic mass is 10.1. The Morgan fingerprint density at radius 2 is 1.95 bits per heavy atom. The summed E-state index contributed by atoms with van der Waals surface area (Å²) in [7, 11) is 0. The Bertz CT molecular complexity index is 641. The van der Waals surface area contributed by atoms with E-state index in [-0.39, 0.29) is 5.56 Å². The van der Waals surface area contributed by atoms with E-state index in [4.69, 9.17) is 10.8 Å². The average Bonchev–Trinajstić information content (AvgIpc) is 2.39. The minimum atomic E-state index is -1.11. The monoisotopic (exact) mass is 257 g/mol. The van der Waals surface area contributed by atoms with Crippen LogP contribution in [-0.4, -0.2) is 22.0 Å². The molecule has 1 heterocycles. The second kappa shape index (κ2) is 5.18. The van der Waals surface area contributed by atoms with Gasteiger partial charge in [-0.05, 0) is 18.2 Å². The Morgan fingerprint density at radius 1 is 1.21 bits per heavy atom. The van der Waals surface area contributed by atoms with Gasteiger partial charge in [0.05, 0.1) is 23.0 Å². The molecule has 0 aliphatic carbocycles. The van der Waals surface area contributed by atoms with E-state index in [1.54, 1.807) is 24.3 Å². The fourth-order valence-corrected chi connectivity index (χ4v) is 1.53. The number of nitrogens with two attached hydrogens (primary N) is 1. The molecule has 4 N–H and O–H groups in total. The van der Waals surface area contributed by atoms with Crippen molar-refractivity contribution >= 4 is 23.3 Å².